The van der Waals surface area contributed by atoms with E-state index in [2.05, 4.69) is 47.4 Å². The van der Waals surface area contributed by atoms with Gasteiger partial charge in [0.25, 0.3) is 0 Å². The van der Waals surface area contributed by atoms with Crippen LogP contribution >= 0.6 is 11.3 Å². The second kappa shape index (κ2) is 12.1. The number of thiophene rings is 1. The van der Waals surface area contributed by atoms with Gasteiger partial charge in [-0.05, 0) is 54.1 Å². The zero-order valence-electron chi connectivity index (χ0n) is 20.7. The molecule has 5 heteroatoms. The molecule has 0 saturated heterocycles. The topological polar surface area (TPSA) is 50.2 Å². The Balaban J connectivity index is 0.000000198. The number of aliphatic hydroxyl groups excluding tert-OH is 1. The third-order valence-corrected chi connectivity index (χ3v) is 7.99. The molecule has 0 amide bonds. The standard InChI is InChI=1S/C17H8NS.C13H24O2.Ir/c1-2-5-12-10(4-1)11-6-3-7-13-15(11)16-14(19-13)8-9-18-17(12)16;1-5-10(6-2)12(14)9-13(15)11(7-3)8-4;/h1-4,6-9H;9-11,14H,5-8H2,1-4H3;/q-1;;/b;12-9-;. The summed E-state index contributed by atoms with van der Waals surface area (Å²) in [5, 5.41) is 16.1. The summed E-state index contributed by atoms with van der Waals surface area (Å²) in [6, 6.07) is 18.2. The SMILES string of the molecule is CCC(CC)C(=O)/C=C(\O)C(CC)CC.[Ir].[c-]1cccc2c1c1nccc3sc4cccc2c4c31. The van der Waals surface area contributed by atoms with E-state index in [-0.39, 0.29) is 43.5 Å². The molecule has 0 aliphatic carbocycles. The van der Waals surface area contributed by atoms with E-state index in [4.69, 9.17) is 0 Å². The monoisotopic (exact) mass is 663 g/mol. The molecule has 0 bridgehead atoms. The van der Waals surface area contributed by atoms with Crippen molar-refractivity contribution < 1.29 is 30.0 Å². The smallest absolute Gasteiger partial charge is 0.162 e. The molecule has 1 N–H and O–H groups in total. The maximum absolute atomic E-state index is 11.7. The normalized spacial score (nSPS) is 12.0. The minimum absolute atomic E-state index is 0. The molecule has 0 aliphatic rings. The fourth-order valence-electron chi connectivity index (χ4n) is 4.81. The van der Waals surface area contributed by atoms with Crippen molar-refractivity contribution in [2.75, 3.05) is 0 Å². The first-order chi connectivity index (χ1) is 16.5. The molecular weight excluding hydrogens is 631 g/mol. The van der Waals surface area contributed by atoms with Crippen molar-refractivity contribution in [2.24, 2.45) is 11.8 Å². The molecule has 2 heterocycles. The predicted molar refractivity (Wildman–Crippen MR) is 146 cm³/mol. The van der Waals surface area contributed by atoms with Crippen LogP contribution in [0.1, 0.15) is 53.4 Å². The van der Waals surface area contributed by atoms with Gasteiger partial charge in [-0.3, -0.25) is 4.79 Å². The maximum atomic E-state index is 11.7. The molecule has 0 fully saturated rings. The number of nitrogens with zero attached hydrogens (tertiary/aromatic N) is 1. The molecule has 0 saturated carbocycles. The van der Waals surface area contributed by atoms with Gasteiger partial charge in [0.05, 0.1) is 5.76 Å². The average molecular weight is 663 g/mol. The van der Waals surface area contributed by atoms with Crippen molar-refractivity contribution >= 4 is 59.0 Å². The first-order valence-electron chi connectivity index (χ1n) is 12.3. The molecule has 3 nitrogen and oxygen atoms in total. The van der Waals surface area contributed by atoms with E-state index in [0.29, 0.717) is 0 Å². The predicted octanol–water partition coefficient (Wildman–Crippen LogP) is 8.86. The van der Waals surface area contributed by atoms with Gasteiger partial charge in [-0.25, -0.2) is 0 Å². The van der Waals surface area contributed by atoms with Crippen LogP contribution in [-0.4, -0.2) is 15.9 Å². The second-order valence-electron chi connectivity index (χ2n) is 8.77. The van der Waals surface area contributed by atoms with Crippen molar-refractivity contribution in [1.29, 1.82) is 0 Å². The van der Waals surface area contributed by atoms with Crippen molar-refractivity contribution in [3.05, 3.63) is 66.6 Å². The number of benzene rings is 3. The van der Waals surface area contributed by atoms with Gasteiger partial charge in [0.2, 0.25) is 0 Å². The van der Waals surface area contributed by atoms with Crippen LogP contribution in [0.25, 0.3) is 41.8 Å². The van der Waals surface area contributed by atoms with Gasteiger partial charge in [-0.15, -0.1) is 41.0 Å². The fourth-order valence-corrected chi connectivity index (χ4v) is 5.94. The summed E-state index contributed by atoms with van der Waals surface area (Å²) in [7, 11) is 0. The fraction of sp³-hybridized carbons (Fsp3) is 0.333. The number of allylic oxidation sites excluding steroid dienone is 2. The van der Waals surface area contributed by atoms with E-state index in [0.717, 1.165) is 36.6 Å². The number of hydrogen-bond donors (Lipinski definition) is 1. The number of pyridine rings is 1. The summed E-state index contributed by atoms with van der Waals surface area (Å²) in [5.41, 5.74) is 1.08. The molecule has 35 heavy (non-hydrogen) atoms. The van der Waals surface area contributed by atoms with Crippen LogP contribution in [0, 0.1) is 17.9 Å². The number of carbonyl (C=O) groups excluding carboxylic acids is 1. The summed E-state index contributed by atoms with van der Waals surface area (Å²) >= 11 is 1.85. The Morgan fingerprint density at radius 1 is 0.943 bits per heavy atom. The summed E-state index contributed by atoms with van der Waals surface area (Å²) in [6.07, 6.45) is 6.81. The van der Waals surface area contributed by atoms with E-state index >= 15 is 0 Å². The third kappa shape index (κ3) is 5.28. The van der Waals surface area contributed by atoms with Crippen molar-refractivity contribution in [3.8, 4) is 0 Å². The third-order valence-electron chi connectivity index (χ3n) is 6.87. The second-order valence-corrected chi connectivity index (χ2v) is 9.85. The van der Waals surface area contributed by atoms with E-state index in [9.17, 15) is 9.90 Å². The van der Waals surface area contributed by atoms with Crippen molar-refractivity contribution in [2.45, 2.75) is 53.4 Å². The number of rotatable bonds is 7. The first kappa shape index (κ1) is 27.3. The Morgan fingerprint density at radius 2 is 1.60 bits per heavy atom. The Hall–Kier alpha value is -2.33. The molecule has 185 valence electrons. The van der Waals surface area contributed by atoms with E-state index in [1.165, 1.54) is 37.0 Å². The van der Waals surface area contributed by atoms with E-state index in [1.54, 1.807) is 0 Å². The van der Waals surface area contributed by atoms with Gasteiger partial charge in [0.1, 0.15) is 0 Å². The van der Waals surface area contributed by atoms with Crippen LogP contribution < -0.4 is 0 Å². The van der Waals surface area contributed by atoms with Crippen LogP contribution in [0.2, 0.25) is 0 Å². The van der Waals surface area contributed by atoms with E-state index in [1.807, 2.05) is 51.3 Å². The molecule has 1 radical (unpaired) electrons. The summed E-state index contributed by atoms with van der Waals surface area (Å²) in [4.78, 5) is 16.3. The van der Waals surface area contributed by atoms with Crippen molar-refractivity contribution in [3.63, 3.8) is 0 Å². The Morgan fingerprint density at radius 3 is 2.29 bits per heavy atom. The van der Waals surface area contributed by atoms with Gasteiger partial charge >= 0.3 is 0 Å². The van der Waals surface area contributed by atoms with Crippen LogP contribution in [0.4, 0.5) is 0 Å². The minimum Gasteiger partial charge on any atom is -0.512 e. The van der Waals surface area contributed by atoms with Crippen LogP contribution in [0.15, 0.2) is 60.5 Å². The Kier molecular flexibility index (Phi) is 9.40. The zero-order valence-corrected chi connectivity index (χ0v) is 23.9. The molecule has 0 atom stereocenters. The van der Waals surface area contributed by atoms with Crippen LogP contribution in [0.5, 0.6) is 0 Å². The van der Waals surface area contributed by atoms with Crippen LogP contribution in [-0.2, 0) is 24.9 Å². The van der Waals surface area contributed by atoms with Gasteiger partial charge in [-0.2, -0.15) is 0 Å². The van der Waals surface area contributed by atoms with Gasteiger partial charge in [0, 0.05) is 53.6 Å². The van der Waals surface area contributed by atoms with Crippen LogP contribution in [0.3, 0.4) is 0 Å². The van der Waals surface area contributed by atoms with Gasteiger partial charge in [0.15, 0.2) is 5.78 Å². The summed E-state index contributed by atoms with van der Waals surface area (Å²) < 4.78 is 2.66. The molecule has 2 aromatic heterocycles. The molecule has 5 rings (SSSR count). The quantitative estimate of drug-likeness (QED) is 0.0820. The molecule has 0 spiro atoms. The number of fused-ring (bicyclic) bond motifs is 3. The van der Waals surface area contributed by atoms with Crippen molar-refractivity contribution in [1.82, 2.24) is 4.98 Å². The number of hydrogen-bond acceptors (Lipinski definition) is 4. The molecular formula is C30H32IrNO2S-. The first-order valence-corrected chi connectivity index (χ1v) is 13.1. The maximum Gasteiger partial charge on any atom is 0.162 e. The number of aromatic nitrogens is 1. The minimum atomic E-state index is 0. The summed E-state index contributed by atoms with van der Waals surface area (Å²) in [6.45, 7) is 8.07. The summed E-state index contributed by atoms with van der Waals surface area (Å²) in [5.74, 6) is 0.547. The molecule has 0 unspecified atom stereocenters. The number of carbonyl (C=O) groups is 1. The Labute approximate surface area is 224 Å². The zero-order chi connectivity index (χ0) is 24.2. The average Bonchev–Trinajstić information content (AvgIpc) is 3.25. The number of aliphatic hydroxyl groups is 1. The molecule has 0 aliphatic heterocycles. The van der Waals surface area contributed by atoms with Gasteiger partial charge in [-0.1, -0.05) is 50.6 Å². The Bertz CT molecular complexity index is 1360. The molecule has 5 aromatic rings. The largest absolute Gasteiger partial charge is 0.512 e. The van der Waals surface area contributed by atoms with E-state index < -0.39 is 0 Å². The van der Waals surface area contributed by atoms with Gasteiger partial charge < -0.3 is 10.1 Å². The molecule has 3 aromatic carbocycles. The number of ketones is 1.